The Kier molecular flexibility index (Phi) is 5.28. The topological polar surface area (TPSA) is 71.4 Å². The average Bonchev–Trinajstić information content (AvgIpc) is 2.47. The lowest BCUT2D eigenvalue weighted by Crippen LogP contribution is -2.29. The number of alkyl halides is 3. The number of benzene rings is 1. The minimum absolute atomic E-state index is 0.00159. The van der Waals surface area contributed by atoms with Crippen molar-refractivity contribution in [1.82, 2.24) is 4.98 Å². The number of sulfonamides is 1. The van der Waals surface area contributed by atoms with E-state index in [0.717, 1.165) is 0 Å². The van der Waals surface area contributed by atoms with Crippen LogP contribution in [0.3, 0.4) is 0 Å². The van der Waals surface area contributed by atoms with Crippen molar-refractivity contribution in [3.8, 4) is 0 Å². The highest BCUT2D eigenvalue weighted by Crippen LogP contribution is 2.30. The van der Waals surface area contributed by atoms with Gasteiger partial charge in [-0.2, -0.15) is 8.42 Å². The van der Waals surface area contributed by atoms with Gasteiger partial charge in [-0.25, -0.2) is 0 Å². The fourth-order valence-electron chi connectivity index (χ4n) is 1.48. The van der Waals surface area contributed by atoms with E-state index < -0.39 is 13.8 Å². The Morgan fingerprint density at radius 3 is 2.18 bits per heavy atom. The van der Waals surface area contributed by atoms with Gasteiger partial charge in [-0.3, -0.25) is 4.98 Å². The van der Waals surface area contributed by atoms with Crippen LogP contribution >= 0.6 is 34.8 Å². The van der Waals surface area contributed by atoms with E-state index >= 15 is 0 Å². The van der Waals surface area contributed by atoms with Crippen molar-refractivity contribution >= 4 is 56.3 Å². The van der Waals surface area contributed by atoms with Gasteiger partial charge in [0.05, 0.1) is 4.90 Å². The lowest BCUT2D eigenvalue weighted by Gasteiger charge is -2.16. The maximum Gasteiger partial charge on any atom is 0.284 e. The second-order valence-electron chi connectivity index (χ2n) is 4.09. The van der Waals surface area contributed by atoms with Gasteiger partial charge in [-0.15, -0.1) is 4.40 Å². The van der Waals surface area contributed by atoms with Gasteiger partial charge in [-0.05, 0) is 24.3 Å². The zero-order chi connectivity index (χ0) is 16.2. The van der Waals surface area contributed by atoms with Crippen LogP contribution < -0.4 is 5.32 Å². The number of rotatable bonds is 3. The third-order valence-corrected chi connectivity index (χ3v) is 4.29. The number of amidine groups is 1. The molecule has 0 fully saturated rings. The first-order valence-electron chi connectivity index (χ1n) is 5.93. The third kappa shape index (κ3) is 4.58. The minimum Gasteiger partial charge on any atom is -0.339 e. The second-order valence-corrected chi connectivity index (χ2v) is 7.97. The Balaban J connectivity index is 2.42. The normalized spacial score (nSPS) is 13.0. The molecule has 9 heteroatoms. The van der Waals surface area contributed by atoms with E-state index in [1.807, 2.05) is 0 Å². The first-order chi connectivity index (χ1) is 10.3. The second kappa shape index (κ2) is 6.83. The molecule has 0 radical (unpaired) electrons. The molecular formula is C13H10Cl3N3O2S. The number of anilines is 1. The Hall–Kier alpha value is -1.34. The molecule has 0 unspecified atom stereocenters. The van der Waals surface area contributed by atoms with E-state index in [4.69, 9.17) is 34.8 Å². The Morgan fingerprint density at radius 1 is 1.05 bits per heavy atom. The molecule has 0 saturated heterocycles. The number of pyridine rings is 1. The van der Waals surface area contributed by atoms with Crippen molar-refractivity contribution < 1.29 is 8.42 Å². The summed E-state index contributed by atoms with van der Waals surface area (Å²) in [7, 11) is -4.01. The summed E-state index contributed by atoms with van der Waals surface area (Å²) >= 11 is 17.4. The van der Waals surface area contributed by atoms with Gasteiger partial charge >= 0.3 is 0 Å². The molecule has 5 nitrogen and oxygen atoms in total. The Labute approximate surface area is 143 Å². The predicted molar refractivity (Wildman–Crippen MR) is 89.2 cm³/mol. The Morgan fingerprint density at radius 2 is 1.64 bits per heavy atom. The van der Waals surface area contributed by atoms with Crippen LogP contribution in [0.2, 0.25) is 0 Å². The molecule has 0 amide bonds. The molecule has 0 atom stereocenters. The van der Waals surface area contributed by atoms with Gasteiger partial charge in [0.2, 0.25) is 3.79 Å². The standard InChI is InChI=1S/C13H10Cl3N3O2S/c14-13(15,16)12(18-10-6-8-17-9-7-10)19-22(20,21)11-4-2-1-3-5-11/h1-9H,(H,17,18,19). The number of nitrogens with one attached hydrogen (secondary N) is 1. The number of hydrogen-bond donors (Lipinski definition) is 1. The molecule has 1 heterocycles. The summed E-state index contributed by atoms with van der Waals surface area (Å²) in [5.74, 6) is -0.326. The summed E-state index contributed by atoms with van der Waals surface area (Å²) in [6.45, 7) is 0. The van der Waals surface area contributed by atoms with E-state index in [1.165, 1.54) is 24.5 Å². The molecule has 0 spiro atoms. The van der Waals surface area contributed by atoms with E-state index in [-0.39, 0.29) is 10.7 Å². The summed E-state index contributed by atoms with van der Waals surface area (Å²) in [6, 6.07) is 10.8. The van der Waals surface area contributed by atoms with Crippen LogP contribution in [0.15, 0.2) is 64.2 Å². The first-order valence-corrected chi connectivity index (χ1v) is 8.51. The van der Waals surface area contributed by atoms with Crippen molar-refractivity contribution in [3.05, 3.63) is 54.9 Å². The smallest absolute Gasteiger partial charge is 0.284 e. The molecule has 2 rings (SSSR count). The number of nitrogens with zero attached hydrogens (tertiary/aromatic N) is 2. The monoisotopic (exact) mass is 377 g/mol. The van der Waals surface area contributed by atoms with Gasteiger partial charge in [0, 0.05) is 18.1 Å². The number of halogens is 3. The minimum atomic E-state index is -4.01. The highest BCUT2D eigenvalue weighted by molar-refractivity contribution is 7.90. The Bertz CT molecular complexity index is 760. The maximum absolute atomic E-state index is 12.3. The van der Waals surface area contributed by atoms with Gasteiger partial charge in [0.25, 0.3) is 10.0 Å². The zero-order valence-electron chi connectivity index (χ0n) is 10.9. The van der Waals surface area contributed by atoms with Crippen molar-refractivity contribution in [2.75, 3.05) is 5.32 Å². The summed E-state index contributed by atoms with van der Waals surface area (Å²) in [4.78, 5) is 3.84. The highest BCUT2D eigenvalue weighted by Gasteiger charge is 2.31. The summed E-state index contributed by atoms with van der Waals surface area (Å²) < 4.78 is 26.1. The van der Waals surface area contributed by atoms with E-state index in [2.05, 4.69) is 14.7 Å². The van der Waals surface area contributed by atoms with Crippen molar-refractivity contribution in [2.24, 2.45) is 4.40 Å². The largest absolute Gasteiger partial charge is 0.339 e. The maximum atomic E-state index is 12.3. The summed E-state index contributed by atoms with van der Waals surface area (Å²) in [5.41, 5.74) is 0.489. The fraction of sp³-hybridized carbons (Fsp3) is 0.0769. The van der Waals surface area contributed by atoms with E-state index in [0.29, 0.717) is 5.69 Å². The van der Waals surface area contributed by atoms with Gasteiger partial charge in [-0.1, -0.05) is 53.0 Å². The van der Waals surface area contributed by atoms with Crippen LogP contribution in [0.1, 0.15) is 0 Å². The van der Waals surface area contributed by atoms with Gasteiger partial charge < -0.3 is 5.32 Å². The first kappa shape index (κ1) is 17.0. The lowest BCUT2D eigenvalue weighted by molar-refractivity contribution is 0.598. The van der Waals surface area contributed by atoms with Crippen molar-refractivity contribution in [2.45, 2.75) is 8.69 Å². The molecule has 1 N–H and O–H groups in total. The quantitative estimate of drug-likeness (QED) is 0.503. The molecule has 1 aromatic heterocycles. The van der Waals surface area contributed by atoms with Crippen LogP contribution in [-0.4, -0.2) is 23.0 Å². The van der Waals surface area contributed by atoms with Crippen LogP contribution in [0.25, 0.3) is 0 Å². The zero-order valence-corrected chi connectivity index (χ0v) is 14.0. The van der Waals surface area contributed by atoms with Crippen LogP contribution in [0.5, 0.6) is 0 Å². The summed E-state index contributed by atoms with van der Waals surface area (Å²) in [6.07, 6.45) is 3.01. The lowest BCUT2D eigenvalue weighted by atomic mass is 10.4. The molecule has 0 aliphatic rings. The molecule has 2 aromatic rings. The molecule has 0 aliphatic heterocycles. The molecule has 0 bridgehead atoms. The molecule has 116 valence electrons. The average molecular weight is 379 g/mol. The molecule has 0 aliphatic carbocycles. The predicted octanol–water partition coefficient (Wildman–Crippen LogP) is 3.65. The van der Waals surface area contributed by atoms with Crippen molar-refractivity contribution in [3.63, 3.8) is 0 Å². The highest BCUT2D eigenvalue weighted by atomic mass is 35.6. The molecule has 22 heavy (non-hydrogen) atoms. The molecular weight excluding hydrogens is 369 g/mol. The molecule has 0 saturated carbocycles. The number of hydrogen-bond acceptors (Lipinski definition) is 3. The number of aromatic nitrogens is 1. The molecule has 1 aromatic carbocycles. The van der Waals surface area contributed by atoms with Gasteiger partial charge in [0.1, 0.15) is 0 Å². The summed E-state index contributed by atoms with van der Waals surface area (Å²) in [5, 5.41) is 2.68. The van der Waals surface area contributed by atoms with Crippen LogP contribution in [0, 0.1) is 0 Å². The SMILES string of the molecule is O=S(=O)(/N=C(/Nc1ccncc1)C(Cl)(Cl)Cl)c1ccccc1. The van der Waals surface area contributed by atoms with E-state index in [9.17, 15) is 8.42 Å². The fourth-order valence-corrected chi connectivity index (χ4v) is 2.93. The van der Waals surface area contributed by atoms with Crippen molar-refractivity contribution in [1.29, 1.82) is 0 Å². The van der Waals surface area contributed by atoms with Crippen LogP contribution in [0.4, 0.5) is 5.69 Å². The van der Waals surface area contributed by atoms with Crippen LogP contribution in [-0.2, 0) is 10.0 Å². The van der Waals surface area contributed by atoms with Gasteiger partial charge in [0.15, 0.2) is 5.84 Å². The van der Waals surface area contributed by atoms with E-state index in [1.54, 1.807) is 30.3 Å². The third-order valence-electron chi connectivity index (χ3n) is 2.46.